The van der Waals surface area contributed by atoms with E-state index in [4.69, 9.17) is 22.4 Å². The lowest BCUT2D eigenvalue weighted by molar-refractivity contribution is -0.142. The number of aliphatic carboxylic acids is 1. The summed E-state index contributed by atoms with van der Waals surface area (Å²) >= 11 is 5.97. The number of rotatable bonds is 4. The summed E-state index contributed by atoms with van der Waals surface area (Å²) in [5.41, 5.74) is 6.63. The van der Waals surface area contributed by atoms with Crippen LogP contribution in [0.15, 0.2) is 24.3 Å². The zero-order valence-electron chi connectivity index (χ0n) is 11.5. The minimum Gasteiger partial charge on any atom is -0.481 e. The summed E-state index contributed by atoms with van der Waals surface area (Å²) in [5, 5.41) is 9.35. The van der Waals surface area contributed by atoms with Crippen LogP contribution in [0.4, 0.5) is 5.69 Å². The SMILES string of the molecule is NC(CC(=O)O)C(=O)N1CCN(c2cccc(Cl)c2)CC1. The minimum absolute atomic E-state index is 0.303. The van der Waals surface area contributed by atoms with Crippen molar-refractivity contribution >= 4 is 29.2 Å². The van der Waals surface area contributed by atoms with Crippen molar-refractivity contribution in [2.24, 2.45) is 5.73 Å². The lowest BCUT2D eigenvalue weighted by atomic mass is 10.1. The molecule has 1 unspecified atom stereocenters. The minimum atomic E-state index is -1.06. The molecule has 6 nitrogen and oxygen atoms in total. The van der Waals surface area contributed by atoms with Gasteiger partial charge in [-0.05, 0) is 18.2 Å². The van der Waals surface area contributed by atoms with E-state index in [0.717, 1.165) is 5.69 Å². The maximum Gasteiger partial charge on any atom is 0.305 e. The van der Waals surface area contributed by atoms with Crippen molar-refractivity contribution in [2.75, 3.05) is 31.1 Å². The van der Waals surface area contributed by atoms with Gasteiger partial charge in [0, 0.05) is 36.9 Å². The van der Waals surface area contributed by atoms with Crippen LogP contribution in [-0.2, 0) is 9.59 Å². The highest BCUT2D eigenvalue weighted by Gasteiger charge is 2.26. The Kier molecular flexibility index (Phi) is 5.03. The fourth-order valence-corrected chi connectivity index (χ4v) is 2.55. The number of anilines is 1. The largest absolute Gasteiger partial charge is 0.481 e. The second-order valence-corrected chi connectivity index (χ2v) is 5.43. The molecule has 3 N–H and O–H groups in total. The first-order chi connectivity index (χ1) is 9.97. The van der Waals surface area contributed by atoms with Crippen molar-refractivity contribution in [3.05, 3.63) is 29.3 Å². The highest BCUT2D eigenvalue weighted by atomic mass is 35.5. The number of benzene rings is 1. The molecule has 1 saturated heterocycles. The van der Waals surface area contributed by atoms with Gasteiger partial charge in [-0.25, -0.2) is 0 Å². The summed E-state index contributed by atoms with van der Waals surface area (Å²) in [4.78, 5) is 26.4. The van der Waals surface area contributed by atoms with E-state index in [1.165, 1.54) is 0 Å². The third-order valence-electron chi connectivity index (χ3n) is 3.48. The van der Waals surface area contributed by atoms with E-state index in [1.54, 1.807) is 4.90 Å². The number of nitrogens with zero attached hydrogens (tertiary/aromatic N) is 2. The Bertz CT molecular complexity index is 530. The number of carboxylic acids is 1. The van der Waals surface area contributed by atoms with Gasteiger partial charge in [-0.1, -0.05) is 17.7 Å². The number of hydrogen-bond donors (Lipinski definition) is 2. The highest BCUT2D eigenvalue weighted by Crippen LogP contribution is 2.20. The Balaban J connectivity index is 1.91. The van der Waals surface area contributed by atoms with Gasteiger partial charge in [-0.2, -0.15) is 0 Å². The molecule has 1 heterocycles. The molecule has 1 aliphatic rings. The topological polar surface area (TPSA) is 86.9 Å². The van der Waals surface area contributed by atoms with Gasteiger partial charge in [0.15, 0.2) is 0 Å². The molecular formula is C14H18ClN3O3. The molecule has 2 rings (SSSR count). The van der Waals surface area contributed by atoms with Gasteiger partial charge in [-0.3, -0.25) is 9.59 Å². The molecular weight excluding hydrogens is 294 g/mol. The van der Waals surface area contributed by atoms with Crippen molar-refractivity contribution in [3.8, 4) is 0 Å². The third kappa shape index (κ3) is 4.09. The van der Waals surface area contributed by atoms with Gasteiger partial charge >= 0.3 is 5.97 Å². The van der Waals surface area contributed by atoms with Crippen molar-refractivity contribution in [1.82, 2.24) is 4.90 Å². The molecule has 1 amide bonds. The number of piperazine rings is 1. The molecule has 1 aromatic rings. The normalized spacial score (nSPS) is 16.7. The van der Waals surface area contributed by atoms with E-state index in [2.05, 4.69) is 4.90 Å². The number of amides is 1. The summed E-state index contributed by atoms with van der Waals surface area (Å²) in [7, 11) is 0. The van der Waals surface area contributed by atoms with Gasteiger partial charge in [0.05, 0.1) is 12.5 Å². The lowest BCUT2D eigenvalue weighted by Gasteiger charge is -2.37. The number of nitrogens with two attached hydrogens (primary N) is 1. The number of hydrogen-bond acceptors (Lipinski definition) is 4. The third-order valence-corrected chi connectivity index (χ3v) is 3.71. The van der Waals surface area contributed by atoms with E-state index in [1.807, 2.05) is 24.3 Å². The molecule has 1 aliphatic heterocycles. The Morgan fingerprint density at radius 2 is 1.95 bits per heavy atom. The number of carbonyl (C=O) groups excluding carboxylic acids is 1. The summed E-state index contributed by atoms with van der Waals surface area (Å²) in [6, 6.07) is 6.59. The fourth-order valence-electron chi connectivity index (χ4n) is 2.37. The quantitative estimate of drug-likeness (QED) is 0.858. The molecule has 0 bridgehead atoms. The van der Waals surface area contributed by atoms with Crippen molar-refractivity contribution in [2.45, 2.75) is 12.5 Å². The van der Waals surface area contributed by atoms with Crippen LogP contribution in [0.1, 0.15) is 6.42 Å². The van der Waals surface area contributed by atoms with E-state index < -0.39 is 12.0 Å². The zero-order chi connectivity index (χ0) is 15.4. The van der Waals surface area contributed by atoms with Crippen molar-refractivity contribution in [3.63, 3.8) is 0 Å². The van der Waals surface area contributed by atoms with E-state index in [-0.39, 0.29) is 12.3 Å². The van der Waals surface area contributed by atoms with E-state index in [0.29, 0.717) is 31.2 Å². The van der Waals surface area contributed by atoms with Gasteiger partial charge in [0.2, 0.25) is 5.91 Å². The Morgan fingerprint density at radius 1 is 1.29 bits per heavy atom. The maximum absolute atomic E-state index is 12.0. The smallest absolute Gasteiger partial charge is 0.305 e. The van der Waals surface area contributed by atoms with Crippen LogP contribution in [0.3, 0.4) is 0 Å². The molecule has 7 heteroatoms. The van der Waals surface area contributed by atoms with Crippen molar-refractivity contribution in [1.29, 1.82) is 0 Å². The number of carbonyl (C=O) groups is 2. The Labute approximate surface area is 128 Å². The molecule has 1 aromatic carbocycles. The molecule has 0 aliphatic carbocycles. The van der Waals surface area contributed by atoms with Crippen LogP contribution in [-0.4, -0.2) is 54.1 Å². The van der Waals surface area contributed by atoms with Crippen LogP contribution < -0.4 is 10.6 Å². The average molecular weight is 312 g/mol. The predicted octanol–water partition coefficient (Wildman–Crippen LogP) is 0.791. The first-order valence-corrected chi connectivity index (χ1v) is 7.12. The molecule has 114 valence electrons. The summed E-state index contributed by atoms with van der Waals surface area (Å²) in [6.07, 6.45) is -0.340. The predicted molar refractivity (Wildman–Crippen MR) is 80.5 cm³/mol. The van der Waals surface area contributed by atoms with Gasteiger partial charge in [0.1, 0.15) is 0 Å². The van der Waals surface area contributed by atoms with Crippen LogP contribution in [0.2, 0.25) is 5.02 Å². The molecule has 0 spiro atoms. The maximum atomic E-state index is 12.0. The molecule has 0 radical (unpaired) electrons. The number of halogens is 1. The first kappa shape index (κ1) is 15.6. The fraction of sp³-hybridized carbons (Fsp3) is 0.429. The lowest BCUT2D eigenvalue weighted by Crippen LogP contribution is -2.53. The molecule has 1 atom stereocenters. The second-order valence-electron chi connectivity index (χ2n) is 5.00. The Hall–Kier alpha value is -1.79. The van der Waals surface area contributed by atoms with Gasteiger partial charge in [0.25, 0.3) is 0 Å². The second kappa shape index (κ2) is 6.78. The van der Waals surface area contributed by atoms with Crippen LogP contribution >= 0.6 is 11.6 Å². The van der Waals surface area contributed by atoms with E-state index in [9.17, 15) is 9.59 Å². The first-order valence-electron chi connectivity index (χ1n) is 6.74. The standard InChI is InChI=1S/C14H18ClN3O3/c15-10-2-1-3-11(8-10)17-4-6-18(7-5-17)14(21)12(16)9-13(19)20/h1-3,8,12H,4-7,9,16H2,(H,19,20). The van der Waals surface area contributed by atoms with Crippen molar-refractivity contribution < 1.29 is 14.7 Å². The van der Waals surface area contributed by atoms with E-state index >= 15 is 0 Å². The molecule has 1 fully saturated rings. The highest BCUT2D eigenvalue weighted by molar-refractivity contribution is 6.30. The molecule has 0 aromatic heterocycles. The van der Waals surface area contributed by atoms with Crippen LogP contribution in [0.5, 0.6) is 0 Å². The average Bonchev–Trinajstić information content (AvgIpc) is 2.46. The summed E-state index contributed by atoms with van der Waals surface area (Å²) in [5.74, 6) is -1.36. The Morgan fingerprint density at radius 3 is 2.52 bits per heavy atom. The molecule has 0 saturated carbocycles. The van der Waals surface area contributed by atoms with Gasteiger partial charge < -0.3 is 20.6 Å². The summed E-state index contributed by atoms with van der Waals surface area (Å²) in [6.45, 7) is 2.40. The van der Waals surface area contributed by atoms with Crippen LogP contribution in [0.25, 0.3) is 0 Å². The van der Waals surface area contributed by atoms with Gasteiger partial charge in [-0.15, -0.1) is 0 Å². The number of carboxylic acid groups (broad SMARTS) is 1. The summed E-state index contributed by atoms with van der Waals surface area (Å²) < 4.78 is 0. The van der Waals surface area contributed by atoms with Crippen LogP contribution in [0, 0.1) is 0 Å². The zero-order valence-corrected chi connectivity index (χ0v) is 12.3. The molecule has 21 heavy (non-hydrogen) atoms. The monoisotopic (exact) mass is 311 g/mol.